The maximum atomic E-state index is 12.3. The molecule has 1 heterocycles. The Balaban J connectivity index is 2.03. The van der Waals surface area contributed by atoms with Gasteiger partial charge in [-0.05, 0) is 17.9 Å². The summed E-state index contributed by atoms with van der Waals surface area (Å²) in [5.41, 5.74) is 6.91. The van der Waals surface area contributed by atoms with Gasteiger partial charge >= 0.3 is 5.97 Å². The molecule has 0 saturated carbocycles. The van der Waals surface area contributed by atoms with Crippen molar-refractivity contribution in [2.24, 2.45) is 11.7 Å². The molecule has 20 heavy (non-hydrogen) atoms. The molecule has 0 aromatic heterocycles. The standard InChI is InChI=1S/C15H20N2O3/c1-10-7-8-17(14(10)15(19)20)13(18)9-12(16)11-5-3-2-4-6-11/h2-6,10,12,14H,7-9,16H2,1H3,(H,19,20). The maximum absolute atomic E-state index is 12.3. The van der Waals surface area contributed by atoms with Crippen LogP contribution in [-0.4, -0.2) is 34.5 Å². The van der Waals surface area contributed by atoms with Crippen molar-refractivity contribution in [3.05, 3.63) is 35.9 Å². The van der Waals surface area contributed by atoms with E-state index in [1.807, 2.05) is 37.3 Å². The smallest absolute Gasteiger partial charge is 0.326 e. The van der Waals surface area contributed by atoms with Gasteiger partial charge in [0.05, 0.1) is 0 Å². The SMILES string of the molecule is CC1CCN(C(=O)CC(N)c2ccccc2)C1C(=O)O. The Bertz CT molecular complexity index is 489. The number of carbonyl (C=O) groups excluding carboxylic acids is 1. The number of rotatable bonds is 4. The average Bonchev–Trinajstić information content (AvgIpc) is 2.81. The predicted molar refractivity (Wildman–Crippen MR) is 74.9 cm³/mol. The van der Waals surface area contributed by atoms with Gasteiger partial charge in [0.2, 0.25) is 5.91 Å². The van der Waals surface area contributed by atoms with Gasteiger partial charge in [-0.3, -0.25) is 4.79 Å². The van der Waals surface area contributed by atoms with Crippen LogP contribution in [0.3, 0.4) is 0 Å². The Labute approximate surface area is 118 Å². The van der Waals surface area contributed by atoms with Gasteiger partial charge in [-0.2, -0.15) is 0 Å². The van der Waals surface area contributed by atoms with Gasteiger partial charge in [-0.25, -0.2) is 4.79 Å². The summed E-state index contributed by atoms with van der Waals surface area (Å²) in [7, 11) is 0. The number of aliphatic carboxylic acids is 1. The van der Waals surface area contributed by atoms with Gasteiger partial charge in [0.25, 0.3) is 0 Å². The molecule has 1 aromatic rings. The highest BCUT2D eigenvalue weighted by atomic mass is 16.4. The molecule has 0 aliphatic carbocycles. The first-order chi connectivity index (χ1) is 9.50. The van der Waals surface area contributed by atoms with Gasteiger partial charge in [0, 0.05) is 19.0 Å². The van der Waals surface area contributed by atoms with E-state index in [1.165, 1.54) is 4.90 Å². The molecule has 1 aliphatic rings. The minimum Gasteiger partial charge on any atom is -0.480 e. The van der Waals surface area contributed by atoms with Crippen LogP contribution < -0.4 is 5.73 Å². The summed E-state index contributed by atoms with van der Waals surface area (Å²) in [6.45, 7) is 2.36. The fourth-order valence-corrected chi connectivity index (χ4v) is 2.73. The highest BCUT2D eigenvalue weighted by Crippen LogP contribution is 2.26. The summed E-state index contributed by atoms with van der Waals surface area (Å²) >= 11 is 0. The van der Waals surface area contributed by atoms with Crippen LogP contribution in [0.1, 0.15) is 31.4 Å². The number of likely N-dealkylation sites (tertiary alicyclic amines) is 1. The van der Waals surface area contributed by atoms with Crippen molar-refractivity contribution in [3.8, 4) is 0 Å². The van der Waals surface area contributed by atoms with E-state index in [2.05, 4.69) is 0 Å². The van der Waals surface area contributed by atoms with E-state index in [4.69, 9.17) is 5.73 Å². The third kappa shape index (κ3) is 2.99. The number of hydrogen-bond donors (Lipinski definition) is 2. The lowest BCUT2D eigenvalue weighted by atomic mass is 10.0. The fourth-order valence-electron chi connectivity index (χ4n) is 2.73. The monoisotopic (exact) mass is 276 g/mol. The zero-order valence-electron chi connectivity index (χ0n) is 11.5. The first-order valence-corrected chi connectivity index (χ1v) is 6.83. The van der Waals surface area contributed by atoms with Gasteiger partial charge in [0.1, 0.15) is 6.04 Å². The van der Waals surface area contributed by atoms with Crippen molar-refractivity contribution in [2.45, 2.75) is 31.8 Å². The Morgan fingerprint density at radius 1 is 1.40 bits per heavy atom. The van der Waals surface area contributed by atoms with Crippen LogP contribution in [0.2, 0.25) is 0 Å². The van der Waals surface area contributed by atoms with Crippen LogP contribution in [0, 0.1) is 5.92 Å². The van der Waals surface area contributed by atoms with E-state index >= 15 is 0 Å². The lowest BCUT2D eigenvalue weighted by Crippen LogP contribution is -2.43. The molecule has 2 rings (SSSR count). The van der Waals surface area contributed by atoms with Crippen molar-refractivity contribution in [1.29, 1.82) is 0 Å². The minimum atomic E-state index is -0.934. The van der Waals surface area contributed by atoms with Crippen molar-refractivity contribution in [3.63, 3.8) is 0 Å². The van der Waals surface area contributed by atoms with E-state index in [0.29, 0.717) is 6.54 Å². The van der Waals surface area contributed by atoms with E-state index in [-0.39, 0.29) is 18.2 Å². The molecule has 3 N–H and O–H groups in total. The Morgan fingerprint density at radius 3 is 2.65 bits per heavy atom. The summed E-state index contributed by atoms with van der Waals surface area (Å²) in [5.74, 6) is -1.13. The van der Waals surface area contributed by atoms with Crippen LogP contribution in [0.15, 0.2) is 30.3 Å². The molecule has 1 amide bonds. The number of nitrogens with two attached hydrogens (primary N) is 1. The number of benzene rings is 1. The number of hydrogen-bond acceptors (Lipinski definition) is 3. The number of amides is 1. The molecule has 0 spiro atoms. The first-order valence-electron chi connectivity index (χ1n) is 6.83. The largest absolute Gasteiger partial charge is 0.480 e. The lowest BCUT2D eigenvalue weighted by molar-refractivity contribution is -0.149. The molecule has 5 nitrogen and oxygen atoms in total. The molecule has 1 fully saturated rings. The number of carbonyl (C=O) groups is 2. The van der Waals surface area contributed by atoms with Gasteiger partial charge in [-0.15, -0.1) is 0 Å². The first kappa shape index (κ1) is 14.5. The summed E-state index contributed by atoms with van der Waals surface area (Å²) in [5, 5.41) is 9.23. The molecule has 0 bridgehead atoms. The summed E-state index contributed by atoms with van der Waals surface area (Å²) in [6.07, 6.45) is 0.865. The topological polar surface area (TPSA) is 83.6 Å². The third-order valence-electron chi connectivity index (χ3n) is 3.90. The Kier molecular flexibility index (Phi) is 4.39. The molecule has 5 heteroatoms. The number of carboxylic acid groups (broad SMARTS) is 1. The molecule has 0 radical (unpaired) electrons. The third-order valence-corrected chi connectivity index (χ3v) is 3.90. The summed E-state index contributed by atoms with van der Waals surface area (Å²) in [4.78, 5) is 25.0. The average molecular weight is 276 g/mol. The van der Waals surface area contributed by atoms with Gasteiger partial charge in [0.15, 0.2) is 0 Å². The van der Waals surface area contributed by atoms with Crippen LogP contribution in [-0.2, 0) is 9.59 Å². The molecule has 1 aliphatic heterocycles. The highest BCUT2D eigenvalue weighted by molar-refractivity contribution is 5.85. The lowest BCUT2D eigenvalue weighted by Gasteiger charge is -2.24. The van der Waals surface area contributed by atoms with Crippen LogP contribution >= 0.6 is 0 Å². The zero-order valence-corrected chi connectivity index (χ0v) is 11.5. The number of nitrogens with zero attached hydrogens (tertiary/aromatic N) is 1. The normalized spacial score (nSPS) is 23.6. The highest BCUT2D eigenvalue weighted by Gasteiger charge is 2.39. The second-order valence-electron chi connectivity index (χ2n) is 5.36. The molecule has 3 atom stereocenters. The van der Waals surface area contributed by atoms with Crippen molar-refractivity contribution in [1.82, 2.24) is 4.90 Å². The molecular formula is C15H20N2O3. The van der Waals surface area contributed by atoms with Crippen LogP contribution in [0.5, 0.6) is 0 Å². The zero-order chi connectivity index (χ0) is 14.7. The summed E-state index contributed by atoms with van der Waals surface area (Å²) < 4.78 is 0. The van der Waals surface area contributed by atoms with Crippen molar-refractivity contribution >= 4 is 11.9 Å². The maximum Gasteiger partial charge on any atom is 0.326 e. The molecule has 3 unspecified atom stereocenters. The number of carboxylic acids is 1. The minimum absolute atomic E-state index is 0.00982. The van der Waals surface area contributed by atoms with E-state index in [1.54, 1.807) is 0 Å². The van der Waals surface area contributed by atoms with E-state index < -0.39 is 18.1 Å². The van der Waals surface area contributed by atoms with Gasteiger partial charge in [-0.1, -0.05) is 37.3 Å². The summed E-state index contributed by atoms with van der Waals surface area (Å²) in [6, 6.07) is 8.27. The Hall–Kier alpha value is -1.88. The van der Waals surface area contributed by atoms with Crippen molar-refractivity contribution < 1.29 is 14.7 Å². The molecule has 1 saturated heterocycles. The fraction of sp³-hybridized carbons (Fsp3) is 0.467. The Morgan fingerprint density at radius 2 is 2.05 bits per heavy atom. The van der Waals surface area contributed by atoms with Gasteiger partial charge < -0.3 is 15.7 Å². The van der Waals surface area contributed by atoms with Crippen molar-refractivity contribution in [2.75, 3.05) is 6.54 Å². The van der Waals surface area contributed by atoms with Crippen LogP contribution in [0.4, 0.5) is 0 Å². The quantitative estimate of drug-likeness (QED) is 0.870. The second kappa shape index (κ2) is 6.05. The van der Waals surface area contributed by atoms with E-state index in [0.717, 1.165) is 12.0 Å². The van der Waals surface area contributed by atoms with E-state index in [9.17, 15) is 14.7 Å². The second-order valence-corrected chi connectivity index (χ2v) is 5.36. The van der Waals surface area contributed by atoms with Crippen LogP contribution in [0.25, 0.3) is 0 Å². The molecule has 108 valence electrons. The molecule has 1 aromatic carbocycles. The molecular weight excluding hydrogens is 256 g/mol. The predicted octanol–water partition coefficient (Wildman–Crippen LogP) is 1.40.